The lowest BCUT2D eigenvalue weighted by atomic mass is 9.62. The molecule has 60 heavy (non-hydrogen) atoms. The molecule has 0 amide bonds. The summed E-state index contributed by atoms with van der Waals surface area (Å²) < 4.78 is 12.1. The predicted octanol–water partition coefficient (Wildman–Crippen LogP) is 14.2. The SMILES string of the molecule is CC(C)(C)c1ccc(Nc2cc3c(cc2-c2ccc4c5cc6c(cc5n5c4c2[B]c2oc4ccc(C(C)(C)C)cc4c2-5)sc2ccccc26)C(C)(C)c2ccccc2-3)cc1. The Kier molecular flexibility index (Phi) is 7.20. The molecular weight excluding hydrogens is 747 g/mol. The van der Waals surface area contributed by atoms with Gasteiger partial charge < -0.3 is 14.3 Å². The van der Waals surface area contributed by atoms with Crippen molar-refractivity contribution in [3.8, 4) is 27.9 Å². The third kappa shape index (κ3) is 5.02. The molecule has 7 aromatic carbocycles. The van der Waals surface area contributed by atoms with Gasteiger partial charge in [-0.2, -0.15) is 0 Å². The Balaban J connectivity index is 1.16. The number of hydrogen-bond acceptors (Lipinski definition) is 3. The van der Waals surface area contributed by atoms with E-state index in [0.717, 1.165) is 33.7 Å². The number of anilines is 2. The molecule has 10 aromatic rings. The molecule has 0 spiro atoms. The summed E-state index contributed by atoms with van der Waals surface area (Å²) in [4.78, 5) is 0. The van der Waals surface area contributed by atoms with Crippen molar-refractivity contribution < 1.29 is 4.42 Å². The van der Waals surface area contributed by atoms with Crippen molar-refractivity contribution in [3.05, 3.63) is 150 Å². The first kappa shape index (κ1) is 35.9. The van der Waals surface area contributed by atoms with Crippen LogP contribution in [0, 0.1) is 0 Å². The Morgan fingerprint density at radius 1 is 0.583 bits per heavy atom. The fourth-order valence-corrected chi connectivity index (χ4v) is 11.4. The molecule has 2 aliphatic rings. The van der Waals surface area contributed by atoms with Gasteiger partial charge in [-0.1, -0.05) is 128 Å². The van der Waals surface area contributed by atoms with Crippen LogP contribution in [-0.4, -0.2) is 11.8 Å². The summed E-state index contributed by atoms with van der Waals surface area (Å²) in [7, 11) is 2.33. The number of nitrogens with one attached hydrogen (secondary N) is 1. The first-order valence-corrected chi connectivity index (χ1v) is 22.1. The van der Waals surface area contributed by atoms with Gasteiger partial charge in [0.2, 0.25) is 7.28 Å². The van der Waals surface area contributed by atoms with E-state index in [1.165, 1.54) is 91.9 Å². The molecule has 0 saturated carbocycles. The first-order valence-electron chi connectivity index (χ1n) is 21.2. The van der Waals surface area contributed by atoms with Gasteiger partial charge >= 0.3 is 0 Å². The van der Waals surface area contributed by atoms with Gasteiger partial charge in [-0.15, -0.1) is 11.3 Å². The zero-order valence-corrected chi connectivity index (χ0v) is 36.3. The normalized spacial score (nSPS) is 14.3. The van der Waals surface area contributed by atoms with Crippen molar-refractivity contribution >= 4 is 94.1 Å². The Bertz CT molecular complexity index is 3470. The summed E-state index contributed by atoms with van der Waals surface area (Å²) in [6, 6.07) is 48.0. The number of furan rings is 1. The molecule has 5 heteroatoms. The van der Waals surface area contributed by atoms with Gasteiger partial charge in [-0.3, -0.25) is 0 Å². The molecule has 1 N–H and O–H groups in total. The summed E-state index contributed by atoms with van der Waals surface area (Å²) in [5.74, 6) is 0. The van der Waals surface area contributed by atoms with Crippen LogP contribution >= 0.6 is 11.3 Å². The van der Waals surface area contributed by atoms with Crippen LogP contribution in [0.2, 0.25) is 0 Å². The molecule has 0 bridgehead atoms. The standard InChI is InChI=1S/C55H46BN2OS/c1-53(2,3)30-17-20-32(21-18-30)57-44-28-37-33-13-9-11-15-42(33)55(7,8)43(37)27-38(44)35-22-23-36-39-26-40-34-14-10-12-16-47(34)60-48(40)29-45(39)58-50(36)49(35)56-52-51(58)41-25-31(54(4,5)6)19-24-46(41)59-52/h9-29,57H,1-8H3. The van der Waals surface area contributed by atoms with E-state index in [1.807, 2.05) is 11.3 Å². The lowest BCUT2D eigenvalue weighted by Crippen LogP contribution is -2.36. The van der Waals surface area contributed by atoms with Crippen LogP contribution in [0.5, 0.6) is 0 Å². The molecule has 3 nitrogen and oxygen atoms in total. The van der Waals surface area contributed by atoms with Gasteiger partial charge in [0, 0.05) is 64.2 Å². The van der Waals surface area contributed by atoms with Gasteiger partial charge in [0.15, 0.2) is 0 Å². The van der Waals surface area contributed by atoms with Crippen LogP contribution in [0.1, 0.15) is 77.6 Å². The minimum Gasteiger partial charge on any atom is -0.469 e. The zero-order chi connectivity index (χ0) is 41.0. The summed E-state index contributed by atoms with van der Waals surface area (Å²) in [5, 5.41) is 10.2. The van der Waals surface area contributed by atoms with E-state index in [4.69, 9.17) is 4.42 Å². The number of aromatic nitrogens is 1. The zero-order valence-electron chi connectivity index (χ0n) is 35.5. The van der Waals surface area contributed by atoms with Gasteiger partial charge in [-0.25, -0.2) is 0 Å². The molecular formula is C55H46BN2OS. The molecule has 0 saturated heterocycles. The van der Waals surface area contributed by atoms with E-state index in [9.17, 15) is 0 Å². The summed E-state index contributed by atoms with van der Waals surface area (Å²) >= 11 is 1.88. The van der Waals surface area contributed by atoms with Crippen LogP contribution in [0.4, 0.5) is 11.4 Å². The average molecular weight is 794 g/mol. The maximum Gasteiger partial charge on any atom is 0.247 e. The maximum absolute atomic E-state index is 6.92. The molecule has 0 fully saturated rings. The van der Waals surface area contributed by atoms with Crippen molar-refractivity contribution in [1.82, 2.24) is 4.57 Å². The highest BCUT2D eigenvalue weighted by Crippen LogP contribution is 2.52. The fourth-order valence-electron chi connectivity index (χ4n) is 10.3. The average Bonchev–Trinajstić information content (AvgIpc) is 3.93. The Morgan fingerprint density at radius 2 is 1.33 bits per heavy atom. The monoisotopic (exact) mass is 793 g/mol. The molecule has 0 atom stereocenters. The van der Waals surface area contributed by atoms with E-state index in [1.54, 1.807) is 0 Å². The number of hydrogen-bond donors (Lipinski definition) is 1. The number of nitrogens with zero attached hydrogens (tertiary/aromatic N) is 1. The van der Waals surface area contributed by atoms with Gasteiger partial charge in [0.25, 0.3) is 0 Å². The summed E-state index contributed by atoms with van der Waals surface area (Å²) in [5.41, 5.74) is 18.9. The second-order valence-electron chi connectivity index (χ2n) is 19.7. The Hall–Kier alpha value is -6.04. The van der Waals surface area contributed by atoms with Crippen molar-refractivity contribution in [1.29, 1.82) is 0 Å². The molecule has 1 aliphatic heterocycles. The fraction of sp³-hybridized carbons (Fsp3) is 0.200. The lowest BCUT2D eigenvalue weighted by Gasteiger charge is -2.25. The van der Waals surface area contributed by atoms with Crippen molar-refractivity contribution in [2.75, 3.05) is 5.32 Å². The Labute approximate surface area is 355 Å². The Morgan fingerprint density at radius 3 is 2.13 bits per heavy atom. The molecule has 0 unspecified atom stereocenters. The smallest absolute Gasteiger partial charge is 0.247 e. The number of fused-ring (bicyclic) bond motifs is 13. The molecule has 12 rings (SSSR count). The first-order chi connectivity index (χ1) is 28.7. The van der Waals surface area contributed by atoms with Gasteiger partial charge in [-0.05, 0) is 110 Å². The quantitative estimate of drug-likeness (QED) is 0.181. The van der Waals surface area contributed by atoms with Crippen LogP contribution < -0.4 is 16.4 Å². The van der Waals surface area contributed by atoms with E-state index < -0.39 is 0 Å². The number of thiophene rings is 1. The largest absolute Gasteiger partial charge is 0.469 e. The number of benzene rings is 7. The third-order valence-electron chi connectivity index (χ3n) is 13.6. The third-order valence-corrected chi connectivity index (χ3v) is 14.7. The highest BCUT2D eigenvalue weighted by Gasteiger charge is 2.37. The maximum atomic E-state index is 6.92. The van der Waals surface area contributed by atoms with Crippen LogP contribution in [0.25, 0.3) is 80.9 Å². The van der Waals surface area contributed by atoms with E-state index in [-0.39, 0.29) is 16.2 Å². The minimum absolute atomic E-state index is 0.00338. The lowest BCUT2D eigenvalue weighted by molar-refractivity contribution is 0.590. The van der Waals surface area contributed by atoms with Crippen molar-refractivity contribution in [2.45, 2.75) is 71.6 Å². The predicted molar refractivity (Wildman–Crippen MR) is 259 cm³/mol. The molecule has 3 aromatic heterocycles. The van der Waals surface area contributed by atoms with E-state index in [2.05, 4.69) is 200 Å². The summed E-state index contributed by atoms with van der Waals surface area (Å²) in [6.07, 6.45) is 0. The highest BCUT2D eigenvalue weighted by molar-refractivity contribution is 7.25. The topological polar surface area (TPSA) is 30.1 Å². The van der Waals surface area contributed by atoms with Crippen LogP contribution in [-0.2, 0) is 16.2 Å². The van der Waals surface area contributed by atoms with E-state index >= 15 is 0 Å². The second kappa shape index (κ2) is 12.0. The molecule has 1 aliphatic carbocycles. The minimum atomic E-state index is -0.154. The molecule has 291 valence electrons. The summed E-state index contributed by atoms with van der Waals surface area (Å²) in [6.45, 7) is 18.4. The van der Waals surface area contributed by atoms with Gasteiger partial charge in [0.05, 0.1) is 16.9 Å². The highest BCUT2D eigenvalue weighted by atomic mass is 32.1. The number of rotatable bonds is 3. The van der Waals surface area contributed by atoms with Crippen molar-refractivity contribution in [2.24, 2.45) is 0 Å². The second-order valence-corrected chi connectivity index (χ2v) is 20.8. The van der Waals surface area contributed by atoms with Gasteiger partial charge in [0.1, 0.15) is 5.58 Å². The molecule has 4 heterocycles. The molecule has 1 radical (unpaired) electrons. The van der Waals surface area contributed by atoms with Crippen molar-refractivity contribution in [3.63, 3.8) is 0 Å². The van der Waals surface area contributed by atoms with Crippen LogP contribution in [0.3, 0.4) is 0 Å². The van der Waals surface area contributed by atoms with Crippen LogP contribution in [0.15, 0.2) is 132 Å². The van der Waals surface area contributed by atoms with E-state index in [0.29, 0.717) is 0 Å².